The van der Waals surface area contributed by atoms with Crippen LogP contribution in [-0.2, 0) is 19.5 Å². The molecule has 1 aromatic carbocycles. The molecule has 1 aromatic rings. The van der Waals surface area contributed by atoms with Gasteiger partial charge in [-0.2, -0.15) is 0 Å². The van der Waals surface area contributed by atoms with E-state index in [-0.39, 0.29) is 19.5 Å². The summed E-state index contributed by atoms with van der Waals surface area (Å²) in [6.07, 6.45) is 14.0. The Morgan fingerprint density at radius 1 is 0.400 bits per heavy atom. The van der Waals surface area contributed by atoms with Crippen LogP contribution in [0.2, 0.25) is 0 Å². The first-order chi connectivity index (χ1) is 7.00. The van der Waals surface area contributed by atoms with Crippen molar-refractivity contribution in [3.05, 3.63) is 60.7 Å². The zero-order valence-electron chi connectivity index (χ0n) is 8.94. The molecule has 0 atom stereocenters. The van der Waals surface area contributed by atoms with E-state index in [0.717, 1.165) is 0 Å². The van der Waals surface area contributed by atoms with Gasteiger partial charge in [-0.3, -0.25) is 0 Å². The summed E-state index contributed by atoms with van der Waals surface area (Å²) >= 11 is 0. The second-order valence-electron chi connectivity index (χ2n) is 3.25. The summed E-state index contributed by atoms with van der Waals surface area (Å²) in [4.78, 5) is 0. The molecular weight excluding hydrogens is 271 g/mol. The quantitative estimate of drug-likeness (QED) is 0.492. The Balaban J connectivity index is 0.000000253. The molecule has 2 rings (SSSR count). The standard InChI is InChI=1S/C8H12.C6H6.Rh/c1-2-4-6-8-7-5-3-1;1-2-4-6-5-3-1;/h1-2,7-8H,3-6H2;1-6H;. The zero-order valence-corrected chi connectivity index (χ0v) is 10.6. The molecule has 0 spiro atoms. The van der Waals surface area contributed by atoms with Gasteiger partial charge in [-0.1, -0.05) is 60.7 Å². The molecule has 0 N–H and O–H groups in total. The van der Waals surface area contributed by atoms with Crippen molar-refractivity contribution in [1.29, 1.82) is 0 Å². The predicted octanol–water partition coefficient (Wildman–Crippen LogP) is 4.36. The monoisotopic (exact) mass is 289 g/mol. The van der Waals surface area contributed by atoms with Crippen LogP contribution in [0.4, 0.5) is 0 Å². The van der Waals surface area contributed by atoms with E-state index in [4.69, 9.17) is 0 Å². The first-order valence-corrected chi connectivity index (χ1v) is 5.30. The van der Waals surface area contributed by atoms with E-state index >= 15 is 0 Å². The minimum absolute atomic E-state index is 0. The summed E-state index contributed by atoms with van der Waals surface area (Å²) in [5.74, 6) is 0. The first-order valence-electron chi connectivity index (χ1n) is 5.30. The number of hydrogen-bond donors (Lipinski definition) is 0. The van der Waals surface area contributed by atoms with Crippen molar-refractivity contribution in [3.63, 3.8) is 0 Å². The molecular formula is C14H18Rh. The molecule has 0 saturated heterocycles. The number of allylic oxidation sites excluding steroid dienone is 4. The van der Waals surface area contributed by atoms with E-state index in [1.54, 1.807) is 0 Å². The Labute approximate surface area is 106 Å². The van der Waals surface area contributed by atoms with Gasteiger partial charge in [0.15, 0.2) is 0 Å². The molecule has 1 aliphatic rings. The topological polar surface area (TPSA) is 0 Å². The zero-order chi connectivity index (χ0) is 9.90. The molecule has 0 amide bonds. The molecule has 15 heavy (non-hydrogen) atoms. The smallest absolute Gasteiger partial charge is 0 e. The SMILES string of the molecule is C1=CCCC=CCC1.[Rh].c1ccccc1. The molecule has 0 unspecified atom stereocenters. The first kappa shape index (κ1) is 14.3. The van der Waals surface area contributed by atoms with Gasteiger partial charge >= 0.3 is 0 Å². The van der Waals surface area contributed by atoms with Gasteiger partial charge in [0.25, 0.3) is 0 Å². The van der Waals surface area contributed by atoms with Gasteiger partial charge in [0.2, 0.25) is 0 Å². The van der Waals surface area contributed by atoms with Gasteiger partial charge in [0, 0.05) is 19.5 Å². The minimum Gasteiger partial charge on any atom is -0.0882 e. The summed E-state index contributed by atoms with van der Waals surface area (Å²) in [6.45, 7) is 0. The van der Waals surface area contributed by atoms with E-state index < -0.39 is 0 Å². The molecule has 0 nitrogen and oxygen atoms in total. The van der Waals surface area contributed by atoms with E-state index in [1.807, 2.05) is 36.4 Å². The Morgan fingerprint density at radius 3 is 0.800 bits per heavy atom. The third kappa shape index (κ3) is 9.62. The summed E-state index contributed by atoms with van der Waals surface area (Å²) in [7, 11) is 0. The van der Waals surface area contributed by atoms with Crippen LogP contribution in [0.15, 0.2) is 60.7 Å². The van der Waals surface area contributed by atoms with Crippen LogP contribution in [-0.4, -0.2) is 0 Å². The molecule has 0 aliphatic heterocycles. The van der Waals surface area contributed by atoms with Gasteiger partial charge in [-0.15, -0.1) is 0 Å². The summed E-state index contributed by atoms with van der Waals surface area (Å²) in [5.41, 5.74) is 0. The predicted molar refractivity (Wildman–Crippen MR) is 63.2 cm³/mol. The van der Waals surface area contributed by atoms with Crippen molar-refractivity contribution in [2.75, 3.05) is 0 Å². The molecule has 0 bridgehead atoms. The van der Waals surface area contributed by atoms with Crippen molar-refractivity contribution < 1.29 is 19.5 Å². The number of benzene rings is 1. The largest absolute Gasteiger partial charge is 0.0882 e. The van der Waals surface area contributed by atoms with Crippen molar-refractivity contribution in [3.8, 4) is 0 Å². The third-order valence-corrected chi connectivity index (χ3v) is 2.00. The molecule has 0 heterocycles. The van der Waals surface area contributed by atoms with E-state index in [1.165, 1.54) is 25.7 Å². The van der Waals surface area contributed by atoms with Crippen molar-refractivity contribution >= 4 is 0 Å². The van der Waals surface area contributed by atoms with Crippen molar-refractivity contribution in [1.82, 2.24) is 0 Å². The van der Waals surface area contributed by atoms with Gasteiger partial charge in [0.05, 0.1) is 0 Å². The van der Waals surface area contributed by atoms with Crippen molar-refractivity contribution in [2.45, 2.75) is 25.7 Å². The molecule has 0 fully saturated rings. The number of hydrogen-bond acceptors (Lipinski definition) is 0. The van der Waals surface area contributed by atoms with Crippen LogP contribution in [0.5, 0.6) is 0 Å². The van der Waals surface area contributed by atoms with Crippen LogP contribution in [0, 0.1) is 0 Å². The molecule has 83 valence electrons. The Morgan fingerprint density at radius 2 is 0.600 bits per heavy atom. The van der Waals surface area contributed by atoms with Gasteiger partial charge in [-0.25, -0.2) is 0 Å². The maximum atomic E-state index is 2.27. The average Bonchev–Trinajstić information content (AvgIpc) is 2.20. The Hall–Kier alpha value is -0.677. The molecule has 1 aliphatic carbocycles. The van der Waals surface area contributed by atoms with E-state index in [2.05, 4.69) is 24.3 Å². The van der Waals surface area contributed by atoms with E-state index in [9.17, 15) is 0 Å². The maximum Gasteiger partial charge on any atom is 0 e. The molecule has 1 radical (unpaired) electrons. The minimum atomic E-state index is 0. The normalized spacial score (nSPS) is 13.9. The van der Waals surface area contributed by atoms with Crippen molar-refractivity contribution in [2.24, 2.45) is 0 Å². The number of rotatable bonds is 0. The van der Waals surface area contributed by atoms with Gasteiger partial charge in [-0.05, 0) is 25.7 Å². The summed E-state index contributed by atoms with van der Waals surface area (Å²) in [5, 5.41) is 0. The fraction of sp³-hybridized carbons (Fsp3) is 0.286. The van der Waals surface area contributed by atoms with Crippen LogP contribution >= 0.6 is 0 Å². The third-order valence-electron chi connectivity index (χ3n) is 2.00. The Bertz CT molecular complexity index is 209. The maximum absolute atomic E-state index is 2.27. The Kier molecular flexibility index (Phi) is 10.9. The summed E-state index contributed by atoms with van der Waals surface area (Å²) in [6, 6.07) is 12.0. The average molecular weight is 289 g/mol. The van der Waals surface area contributed by atoms with Crippen LogP contribution in [0.25, 0.3) is 0 Å². The van der Waals surface area contributed by atoms with Gasteiger partial charge in [0.1, 0.15) is 0 Å². The van der Waals surface area contributed by atoms with E-state index in [0.29, 0.717) is 0 Å². The van der Waals surface area contributed by atoms with Crippen LogP contribution < -0.4 is 0 Å². The molecule has 0 aromatic heterocycles. The fourth-order valence-electron chi connectivity index (χ4n) is 1.24. The van der Waals surface area contributed by atoms with Crippen LogP contribution in [0.1, 0.15) is 25.7 Å². The molecule has 1 heteroatoms. The van der Waals surface area contributed by atoms with Crippen LogP contribution in [0.3, 0.4) is 0 Å². The second-order valence-corrected chi connectivity index (χ2v) is 3.25. The van der Waals surface area contributed by atoms with Gasteiger partial charge < -0.3 is 0 Å². The summed E-state index contributed by atoms with van der Waals surface area (Å²) < 4.78 is 0. The molecule has 0 saturated carbocycles. The fourth-order valence-corrected chi connectivity index (χ4v) is 1.24. The second kappa shape index (κ2) is 11.4.